The van der Waals surface area contributed by atoms with Crippen LogP contribution in [0.15, 0.2) is 12.2 Å². The smallest absolute Gasteiger partial charge is 0.226 e. The SMILES string of the molecule is CN1CCCC2CN(C(=O)[C@@H]3CC=CCC3)CCC21. The fourth-order valence-electron chi connectivity index (χ4n) is 4.13. The van der Waals surface area contributed by atoms with Crippen molar-refractivity contribution in [1.29, 1.82) is 0 Å². The second-order valence-corrected chi connectivity index (χ2v) is 6.50. The van der Waals surface area contributed by atoms with Crippen molar-refractivity contribution in [2.75, 3.05) is 26.7 Å². The second kappa shape index (κ2) is 5.66. The summed E-state index contributed by atoms with van der Waals surface area (Å²) in [6, 6.07) is 0.726. The molecule has 1 aliphatic carbocycles. The molecule has 0 spiro atoms. The lowest BCUT2D eigenvalue weighted by molar-refractivity contribution is -0.139. The normalized spacial score (nSPS) is 36.1. The minimum atomic E-state index is 0.267. The van der Waals surface area contributed by atoms with Crippen LogP contribution in [0.4, 0.5) is 0 Å². The molecule has 3 atom stereocenters. The van der Waals surface area contributed by atoms with E-state index in [0.29, 0.717) is 5.91 Å². The number of carbonyl (C=O) groups is 1. The topological polar surface area (TPSA) is 23.6 Å². The van der Waals surface area contributed by atoms with Crippen LogP contribution in [0.1, 0.15) is 38.5 Å². The number of carbonyl (C=O) groups excluding carboxylic acids is 1. The van der Waals surface area contributed by atoms with Gasteiger partial charge in [-0.1, -0.05) is 12.2 Å². The van der Waals surface area contributed by atoms with E-state index in [2.05, 4.69) is 29.0 Å². The van der Waals surface area contributed by atoms with Crippen LogP contribution in [-0.4, -0.2) is 48.4 Å². The molecule has 0 N–H and O–H groups in total. The maximum Gasteiger partial charge on any atom is 0.226 e. The number of piperidine rings is 2. The van der Waals surface area contributed by atoms with Crippen LogP contribution < -0.4 is 0 Å². The Bertz CT molecular complexity index is 366. The van der Waals surface area contributed by atoms with Gasteiger partial charge in [0.1, 0.15) is 0 Å². The monoisotopic (exact) mass is 262 g/mol. The lowest BCUT2D eigenvalue weighted by Gasteiger charge is -2.46. The van der Waals surface area contributed by atoms with Crippen LogP contribution in [0.3, 0.4) is 0 Å². The maximum atomic E-state index is 12.6. The number of likely N-dealkylation sites (tertiary alicyclic amines) is 2. The molecule has 3 heteroatoms. The molecule has 0 aromatic carbocycles. The molecule has 0 aromatic rings. The lowest BCUT2D eigenvalue weighted by atomic mass is 9.83. The zero-order valence-corrected chi connectivity index (χ0v) is 12.1. The molecule has 3 rings (SSSR count). The van der Waals surface area contributed by atoms with Crippen molar-refractivity contribution in [2.24, 2.45) is 11.8 Å². The number of amides is 1. The number of hydrogen-bond acceptors (Lipinski definition) is 2. The molecule has 2 aliphatic heterocycles. The first-order chi connectivity index (χ1) is 9.25. The highest BCUT2D eigenvalue weighted by Crippen LogP contribution is 2.31. The first-order valence-corrected chi connectivity index (χ1v) is 7.89. The molecular weight excluding hydrogens is 236 g/mol. The van der Waals surface area contributed by atoms with Gasteiger partial charge < -0.3 is 9.80 Å². The van der Waals surface area contributed by atoms with Crippen molar-refractivity contribution >= 4 is 5.91 Å². The van der Waals surface area contributed by atoms with Gasteiger partial charge in [-0.05, 0) is 58.0 Å². The number of rotatable bonds is 1. The van der Waals surface area contributed by atoms with E-state index in [1.165, 1.54) is 25.8 Å². The summed E-state index contributed by atoms with van der Waals surface area (Å²) in [4.78, 5) is 17.3. The summed E-state index contributed by atoms with van der Waals surface area (Å²) in [5, 5.41) is 0. The molecule has 2 saturated heterocycles. The average Bonchev–Trinajstić information content (AvgIpc) is 2.47. The molecule has 19 heavy (non-hydrogen) atoms. The Hall–Kier alpha value is -0.830. The first-order valence-electron chi connectivity index (χ1n) is 7.89. The third-order valence-corrected chi connectivity index (χ3v) is 5.28. The van der Waals surface area contributed by atoms with Gasteiger partial charge in [0.05, 0.1) is 0 Å². The van der Waals surface area contributed by atoms with Gasteiger partial charge in [0, 0.05) is 25.0 Å². The predicted molar refractivity (Wildman–Crippen MR) is 76.8 cm³/mol. The van der Waals surface area contributed by atoms with Crippen molar-refractivity contribution in [3.05, 3.63) is 12.2 Å². The summed E-state index contributed by atoms with van der Waals surface area (Å²) in [5.41, 5.74) is 0. The molecule has 0 saturated carbocycles. The van der Waals surface area contributed by atoms with Crippen molar-refractivity contribution in [2.45, 2.75) is 44.6 Å². The number of fused-ring (bicyclic) bond motifs is 1. The van der Waals surface area contributed by atoms with E-state index < -0.39 is 0 Å². The summed E-state index contributed by atoms with van der Waals surface area (Å²) < 4.78 is 0. The largest absolute Gasteiger partial charge is 0.342 e. The zero-order valence-electron chi connectivity index (χ0n) is 12.1. The fraction of sp³-hybridized carbons (Fsp3) is 0.812. The minimum Gasteiger partial charge on any atom is -0.342 e. The quantitative estimate of drug-likeness (QED) is 0.677. The Morgan fingerprint density at radius 2 is 2.05 bits per heavy atom. The van der Waals surface area contributed by atoms with Crippen LogP contribution in [0.2, 0.25) is 0 Å². The predicted octanol–water partition coefficient (Wildman–Crippen LogP) is 2.29. The number of allylic oxidation sites excluding steroid dienone is 2. The van der Waals surface area contributed by atoms with Gasteiger partial charge in [-0.2, -0.15) is 0 Å². The van der Waals surface area contributed by atoms with Crippen molar-refractivity contribution in [3.8, 4) is 0 Å². The summed E-state index contributed by atoms with van der Waals surface area (Å²) >= 11 is 0. The molecule has 0 aromatic heterocycles. The van der Waals surface area contributed by atoms with E-state index in [1.807, 2.05) is 0 Å². The van der Waals surface area contributed by atoms with E-state index in [4.69, 9.17) is 0 Å². The molecule has 3 nitrogen and oxygen atoms in total. The van der Waals surface area contributed by atoms with Gasteiger partial charge in [0.25, 0.3) is 0 Å². The van der Waals surface area contributed by atoms with Crippen LogP contribution in [0.25, 0.3) is 0 Å². The molecule has 106 valence electrons. The second-order valence-electron chi connectivity index (χ2n) is 6.50. The van der Waals surface area contributed by atoms with Gasteiger partial charge in [-0.3, -0.25) is 4.79 Å². The van der Waals surface area contributed by atoms with Crippen LogP contribution in [0, 0.1) is 11.8 Å². The molecule has 1 amide bonds. The summed E-state index contributed by atoms with van der Waals surface area (Å²) in [7, 11) is 2.25. The Morgan fingerprint density at radius 3 is 2.84 bits per heavy atom. The third kappa shape index (κ3) is 2.71. The molecule has 0 bridgehead atoms. The average molecular weight is 262 g/mol. The third-order valence-electron chi connectivity index (χ3n) is 5.28. The van der Waals surface area contributed by atoms with Crippen molar-refractivity contribution in [1.82, 2.24) is 9.80 Å². The van der Waals surface area contributed by atoms with E-state index in [0.717, 1.165) is 44.3 Å². The van der Waals surface area contributed by atoms with Crippen LogP contribution >= 0.6 is 0 Å². The molecule has 2 unspecified atom stereocenters. The van der Waals surface area contributed by atoms with Gasteiger partial charge in [0.2, 0.25) is 5.91 Å². The van der Waals surface area contributed by atoms with Crippen LogP contribution in [0.5, 0.6) is 0 Å². The summed E-state index contributed by atoms with van der Waals surface area (Å²) in [6.07, 6.45) is 11.3. The van der Waals surface area contributed by atoms with Gasteiger partial charge in [-0.25, -0.2) is 0 Å². The standard InChI is InChI=1S/C16H26N2O/c1-17-10-5-8-14-12-18(11-9-15(14)17)16(19)13-6-3-2-4-7-13/h2-3,13-15H,4-12H2,1H3/t13-,14?,15?/m1/s1. The first kappa shape index (κ1) is 13.2. The molecule has 3 aliphatic rings. The Morgan fingerprint density at radius 1 is 1.16 bits per heavy atom. The lowest BCUT2D eigenvalue weighted by Crippen LogP contribution is -2.54. The Balaban J connectivity index is 1.61. The van der Waals surface area contributed by atoms with E-state index in [-0.39, 0.29) is 5.92 Å². The molecule has 2 fully saturated rings. The molecular formula is C16H26N2O. The number of hydrogen-bond donors (Lipinski definition) is 0. The van der Waals surface area contributed by atoms with Gasteiger partial charge in [0.15, 0.2) is 0 Å². The summed E-state index contributed by atoms with van der Waals surface area (Å²) in [6.45, 7) is 3.22. The van der Waals surface area contributed by atoms with Gasteiger partial charge >= 0.3 is 0 Å². The Labute approximate surface area is 116 Å². The highest BCUT2D eigenvalue weighted by Gasteiger charge is 2.37. The zero-order chi connectivity index (χ0) is 13.2. The highest BCUT2D eigenvalue weighted by atomic mass is 16.2. The maximum absolute atomic E-state index is 12.6. The van der Waals surface area contributed by atoms with Crippen LogP contribution in [-0.2, 0) is 4.79 Å². The highest BCUT2D eigenvalue weighted by molar-refractivity contribution is 5.79. The number of nitrogens with zero attached hydrogens (tertiary/aromatic N) is 2. The summed E-state index contributed by atoms with van der Waals surface area (Å²) in [5.74, 6) is 1.41. The van der Waals surface area contributed by atoms with E-state index >= 15 is 0 Å². The van der Waals surface area contributed by atoms with Crippen molar-refractivity contribution in [3.63, 3.8) is 0 Å². The molecule has 0 radical (unpaired) electrons. The van der Waals surface area contributed by atoms with Crippen molar-refractivity contribution < 1.29 is 4.79 Å². The van der Waals surface area contributed by atoms with Gasteiger partial charge in [-0.15, -0.1) is 0 Å². The van der Waals surface area contributed by atoms with E-state index in [9.17, 15) is 4.79 Å². The van der Waals surface area contributed by atoms with E-state index in [1.54, 1.807) is 0 Å². The molecule has 2 heterocycles. The fourth-order valence-corrected chi connectivity index (χ4v) is 4.13. The minimum absolute atomic E-state index is 0.267. The Kier molecular flexibility index (Phi) is 3.92.